The predicted octanol–water partition coefficient (Wildman–Crippen LogP) is 16.5. The number of unbranched alkanes of at least 4 members (excludes halogenated alkanes) is 30. The molecule has 0 saturated carbocycles. The Bertz CT molecular complexity index is 1000. The van der Waals surface area contributed by atoms with E-state index in [1.165, 1.54) is 141 Å². The number of carbonyl (C=O) groups is 3. The summed E-state index contributed by atoms with van der Waals surface area (Å²) >= 11 is 0. The lowest BCUT2D eigenvalue weighted by Gasteiger charge is -2.18. The first-order valence-corrected chi connectivity index (χ1v) is 25.5. The summed E-state index contributed by atoms with van der Waals surface area (Å²) in [6, 6.07) is 0. The Morgan fingerprint density at radius 2 is 0.610 bits per heavy atom. The van der Waals surface area contributed by atoms with Crippen LogP contribution in [0.2, 0.25) is 0 Å². The summed E-state index contributed by atoms with van der Waals surface area (Å²) in [5.74, 6) is -0.920. The van der Waals surface area contributed by atoms with E-state index in [-0.39, 0.29) is 31.1 Å². The van der Waals surface area contributed by atoms with Gasteiger partial charge in [-0.15, -0.1) is 0 Å². The Hall–Kier alpha value is -2.37. The summed E-state index contributed by atoms with van der Waals surface area (Å²) in [5.41, 5.74) is 0. The lowest BCUT2D eigenvalue weighted by Crippen LogP contribution is -2.30. The fraction of sp³-hybridized carbons (Fsp3) is 0.830. The summed E-state index contributed by atoms with van der Waals surface area (Å²) in [6.45, 7) is 6.60. The topological polar surface area (TPSA) is 78.9 Å². The van der Waals surface area contributed by atoms with Crippen LogP contribution in [0.15, 0.2) is 36.5 Å². The molecule has 0 N–H and O–H groups in total. The van der Waals surface area contributed by atoms with Crippen molar-refractivity contribution in [2.24, 2.45) is 0 Å². The van der Waals surface area contributed by atoms with Gasteiger partial charge in [-0.1, -0.05) is 211 Å². The summed E-state index contributed by atoms with van der Waals surface area (Å²) in [7, 11) is 0. The summed E-state index contributed by atoms with van der Waals surface area (Å²) in [5, 5.41) is 0. The molecule has 0 radical (unpaired) electrons. The van der Waals surface area contributed by atoms with Gasteiger partial charge in [0.1, 0.15) is 13.2 Å². The Morgan fingerprint density at radius 1 is 0.339 bits per heavy atom. The van der Waals surface area contributed by atoms with Crippen molar-refractivity contribution < 1.29 is 28.6 Å². The fourth-order valence-electron chi connectivity index (χ4n) is 7.25. The van der Waals surface area contributed by atoms with Crippen molar-refractivity contribution >= 4 is 17.9 Å². The van der Waals surface area contributed by atoms with Crippen LogP contribution in [-0.4, -0.2) is 37.2 Å². The molecule has 0 saturated heterocycles. The number of carbonyl (C=O) groups excluding carboxylic acids is 3. The third-order valence-electron chi connectivity index (χ3n) is 11.1. The van der Waals surface area contributed by atoms with Crippen LogP contribution in [0.3, 0.4) is 0 Å². The maximum atomic E-state index is 12.8. The van der Waals surface area contributed by atoms with Gasteiger partial charge in [-0.3, -0.25) is 14.4 Å². The SMILES string of the molecule is CCCCCCCCC/C=C\C=C/CCCCCC(=O)OCC(COC(=O)CCCCCCCCCCCCC)OC(=O)CCCCC/C=C\CCCCCCCCC. The summed E-state index contributed by atoms with van der Waals surface area (Å²) in [6.07, 6.45) is 55.6. The first-order chi connectivity index (χ1) is 29.0. The summed E-state index contributed by atoms with van der Waals surface area (Å²) < 4.78 is 16.7. The van der Waals surface area contributed by atoms with Crippen molar-refractivity contribution in [2.45, 2.75) is 271 Å². The zero-order valence-corrected chi connectivity index (χ0v) is 39.3. The van der Waals surface area contributed by atoms with Crippen LogP contribution in [0.5, 0.6) is 0 Å². The number of hydrogen-bond acceptors (Lipinski definition) is 6. The maximum absolute atomic E-state index is 12.8. The molecule has 0 aromatic rings. The van der Waals surface area contributed by atoms with Crippen LogP contribution in [0.4, 0.5) is 0 Å². The van der Waals surface area contributed by atoms with Crippen LogP contribution in [0, 0.1) is 0 Å². The van der Waals surface area contributed by atoms with Crippen molar-refractivity contribution in [1.82, 2.24) is 0 Å². The quantitative estimate of drug-likeness (QED) is 0.0200. The second kappa shape index (κ2) is 48.3. The Balaban J connectivity index is 4.41. The number of hydrogen-bond donors (Lipinski definition) is 0. The molecule has 0 fully saturated rings. The molecule has 1 atom stereocenters. The van der Waals surface area contributed by atoms with Crippen LogP contribution in [0.25, 0.3) is 0 Å². The Kier molecular flexibility index (Phi) is 46.4. The smallest absolute Gasteiger partial charge is 0.306 e. The van der Waals surface area contributed by atoms with E-state index in [1.807, 2.05) is 0 Å². The first kappa shape index (κ1) is 56.6. The molecule has 0 rings (SSSR count). The van der Waals surface area contributed by atoms with Crippen molar-refractivity contribution in [2.75, 3.05) is 13.2 Å². The largest absolute Gasteiger partial charge is 0.462 e. The molecule has 344 valence electrons. The molecule has 0 amide bonds. The van der Waals surface area contributed by atoms with Gasteiger partial charge in [-0.25, -0.2) is 0 Å². The van der Waals surface area contributed by atoms with Gasteiger partial charge in [0.2, 0.25) is 0 Å². The molecule has 59 heavy (non-hydrogen) atoms. The van der Waals surface area contributed by atoms with Crippen LogP contribution < -0.4 is 0 Å². The Labute approximate surface area is 365 Å². The lowest BCUT2D eigenvalue weighted by atomic mass is 10.1. The predicted molar refractivity (Wildman–Crippen MR) is 252 cm³/mol. The molecular weight excluding hydrogens is 733 g/mol. The zero-order chi connectivity index (χ0) is 43.0. The monoisotopic (exact) mass is 829 g/mol. The van der Waals surface area contributed by atoms with Gasteiger partial charge in [0.25, 0.3) is 0 Å². The third kappa shape index (κ3) is 46.5. The Morgan fingerprint density at radius 3 is 0.966 bits per heavy atom. The van der Waals surface area contributed by atoms with Gasteiger partial charge >= 0.3 is 17.9 Å². The molecule has 1 unspecified atom stereocenters. The van der Waals surface area contributed by atoms with Crippen molar-refractivity contribution in [1.29, 1.82) is 0 Å². The minimum Gasteiger partial charge on any atom is -0.462 e. The first-order valence-electron chi connectivity index (χ1n) is 25.5. The summed E-state index contributed by atoms with van der Waals surface area (Å²) in [4.78, 5) is 37.9. The van der Waals surface area contributed by atoms with E-state index >= 15 is 0 Å². The average molecular weight is 829 g/mol. The molecule has 0 bridgehead atoms. The van der Waals surface area contributed by atoms with Crippen LogP contribution in [0.1, 0.15) is 265 Å². The molecular formula is C53H96O6. The molecule has 6 heteroatoms. The highest BCUT2D eigenvalue weighted by atomic mass is 16.6. The number of ether oxygens (including phenoxy) is 3. The number of esters is 3. The molecule has 0 aliphatic carbocycles. The van der Waals surface area contributed by atoms with Crippen molar-refractivity contribution in [3.8, 4) is 0 Å². The molecule has 0 aromatic carbocycles. The number of allylic oxidation sites excluding steroid dienone is 6. The molecule has 0 heterocycles. The van der Waals surface area contributed by atoms with E-state index in [2.05, 4.69) is 57.2 Å². The second-order valence-electron chi connectivity index (χ2n) is 17.1. The minimum atomic E-state index is -0.786. The third-order valence-corrected chi connectivity index (χ3v) is 11.1. The molecule has 6 nitrogen and oxygen atoms in total. The van der Waals surface area contributed by atoms with E-state index < -0.39 is 6.10 Å². The van der Waals surface area contributed by atoms with Gasteiger partial charge in [-0.2, -0.15) is 0 Å². The van der Waals surface area contributed by atoms with E-state index in [0.717, 1.165) is 83.5 Å². The normalized spacial score (nSPS) is 12.3. The van der Waals surface area contributed by atoms with Gasteiger partial charge in [0.15, 0.2) is 6.10 Å². The van der Waals surface area contributed by atoms with Crippen molar-refractivity contribution in [3.63, 3.8) is 0 Å². The van der Waals surface area contributed by atoms with Gasteiger partial charge in [-0.05, 0) is 70.6 Å². The maximum Gasteiger partial charge on any atom is 0.306 e. The van der Waals surface area contributed by atoms with E-state index in [0.29, 0.717) is 19.3 Å². The van der Waals surface area contributed by atoms with E-state index in [9.17, 15) is 14.4 Å². The molecule has 0 aliphatic rings. The highest BCUT2D eigenvalue weighted by Gasteiger charge is 2.19. The second-order valence-corrected chi connectivity index (χ2v) is 17.1. The standard InChI is InChI=1S/C53H96O6/c1-4-7-10-13-16-19-22-24-26-27-29-31-34-37-40-43-46-52(55)58-49-50(48-57-51(54)45-42-39-36-33-30-21-18-15-12-9-6-3)59-53(56)47-44-41-38-35-32-28-25-23-20-17-14-11-8-5-2/h26-29,31-32,50H,4-25,30,33-49H2,1-3H3/b27-26-,31-29-,32-28-. The lowest BCUT2D eigenvalue weighted by molar-refractivity contribution is -0.167. The van der Waals surface area contributed by atoms with Gasteiger partial charge < -0.3 is 14.2 Å². The van der Waals surface area contributed by atoms with Crippen molar-refractivity contribution in [3.05, 3.63) is 36.5 Å². The van der Waals surface area contributed by atoms with Gasteiger partial charge in [0.05, 0.1) is 0 Å². The highest BCUT2D eigenvalue weighted by molar-refractivity contribution is 5.71. The van der Waals surface area contributed by atoms with E-state index in [4.69, 9.17) is 14.2 Å². The molecule has 0 spiro atoms. The van der Waals surface area contributed by atoms with Crippen LogP contribution >= 0.6 is 0 Å². The molecule has 0 aliphatic heterocycles. The number of rotatable bonds is 46. The average Bonchev–Trinajstić information content (AvgIpc) is 3.23. The fourth-order valence-corrected chi connectivity index (χ4v) is 7.25. The van der Waals surface area contributed by atoms with Gasteiger partial charge in [0, 0.05) is 19.3 Å². The minimum absolute atomic E-state index is 0.0841. The zero-order valence-electron chi connectivity index (χ0n) is 39.3. The van der Waals surface area contributed by atoms with Crippen LogP contribution in [-0.2, 0) is 28.6 Å². The highest BCUT2D eigenvalue weighted by Crippen LogP contribution is 2.14. The molecule has 0 aromatic heterocycles. The van der Waals surface area contributed by atoms with E-state index in [1.54, 1.807) is 0 Å².